The SMILES string of the molecule is COC(=O)CCCc1nc2c([nH]1)c(=O)n(C)c(=O)n2C. The lowest BCUT2D eigenvalue weighted by atomic mass is 10.2. The molecule has 0 unspecified atom stereocenters. The Labute approximate surface area is 114 Å². The van der Waals surface area contributed by atoms with Crippen LogP contribution in [-0.4, -0.2) is 32.2 Å². The average Bonchev–Trinajstić information content (AvgIpc) is 2.87. The number of nitrogens with one attached hydrogen (secondary N) is 1. The number of aromatic amines is 1. The summed E-state index contributed by atoms with van der Waals surface area (Å²) in [5.74, 6) is 0.284. The van der Waals surface area contributed by atoms with Gasteiger partial charge in [-0.1, -0.05) is 0 Å². The summed E-state index contributed by atoms with van der Waals surface area (Å²) in [4.78, 5) is 41.9. The predicted octanol–water partition coefficient (Wildman–Crippen LogP) is -0.544. The topological polar surface area (TPSA) is 99.0 Å². The zero-order chi connectivity index (χ0) is 14.9. The molecule has 0 saturated heterocycles. The minimum atomic E-state index is -0.421. The Morgan fingerprint density at radius 2 is 2.00 bits per heavy atom. The van der Waals surface area contributed by atoms with Gasteiger partial charge in [0.25, 0.3) is 5.56 Å². The van der Waals surface area contributed by atoms with Crippen molar-refractivity contribution in [2.45, 2.75) is 19.3 Å². The zero-order valence-electron chi connectivity index (χ0n) is 11.6. The number of methoxy groups -OCH3 is 1. The molecule has 0 fully saturated rings. The Bertz CT molecular complexity index is 768. The molecule has 0 bridgehead atoms. The number of aryl methyl sites for hydroxylation is 2. The number of carbonyl (C=O) groups is 1. The molecule has 0 aromatic carbocycles. The lowest BCUT2D eigenvalue weighted by molar-refractivity contribution is -0.140. The van der Waals surface area contributed by atoms with Crippen LogP contribution in [0.5, 0.6) is 0 Å². The van der Waals surface area contributed by atoms with E-state index in [4.69, 9.17) is 0 Å². The standard InChI is InChI=1S/C12H16N4O4/c1-15-10-9(11(18)16(2)12(15)19)13-7(14-10)5-4-6-8(17)20-3/h4-6H2,1-3H3,(H,13,14). The first-order chi connectivity index (χ1) is 9.45. The van der Waals surface area contributed by atoms with Crippen molar-refractivity contribution in [3.8, 4) is 0 Å². The van der Waals surface area contributed by atoms with Crippen LogP contribution in [0.1, 0.15) is 18.7 Å². The summed E-state index contributed by atoms with van der Waals surface area (Å²) in [6.45, 7) is 0. The third kappa shape index (κ3) is 2.36. The Morgan fingerprint density at radius 3 is 2.65 bits per heavy atom. The van der Waals surface area contributed by atoms with E-state index in [0.717, 1.165) is 4.57 Å². The molecule has 0 aliphatic carbocycles. The third-order valence-corrected chi connectivity index (χ3v) is 3.17. The molecule has 20 heavy (non-hydrogen) atoms. The summed E-state index contributed by atoms with van der Waals surface area (Å²) in [5.41, 5.74) is -0.209. The second kappa shape index (κ2) is 5.32. The molecular weight excluding hydrogens is 264 g/mol. The first-order valence-electron chi connectivity index (χ1n) is 6.17. The highest BCUT2D eigenvalue weighted by molar-refractivity contribution is 5.70. The lowest BCUT2D eigenvalue weighted by Gasteiger charge is -2.00. The zero-order valence-corrected chi connectivity index (χ0v) is 11.6. The van der Waals surface area contributed by atoms with Crippen molar-refractivity contribution in [3.05, 3.63) is 26.7 Å². The molecule has 0 atom stereocenters. The van der Waals surface area contributed by atoms with Gasteiger partial charge in [-0.2, -0.15) is 0 Å². The van der Waals surface area contributed by atoms with Crippen molar-refractivity contribution < 1.29 is 9.53 Å². The van der Waals surface area contributed by atoms with Crippen molar-refractivity contribution in [2.24, 2.45) is 14.1 Å². The number of H-pyrrole nitrogens is 1. The number of ether oxygens (including phenoxy) is 1. The van der Waals surface area contributed by atoms with E-state index in [9.17, 15) is 14.4 Å². The van der Waals surface area contributed by atoms with Crippen molar-refractivity contribution in [1.82, 2.24) is 19.1 Å². The van der Waals surface area contributed by atoms with Crippen molar-refractivity contribution in [1.29, 1.82) is 0 Å². The number of imidazole rings is 1. The number of nitrogens with zero attached hydrogens (tertiary/aromatic N) is 3. The van der Waals surface area contributed by atoms with E-state index in [2.05, 4.69) is 14.7 Å². The van der Waals surface area contributed by atoms with Crippen LogP contribution in [0.25, 0.3) is 11.2 Å². The normalized spacial score (nSPS) is 10.9. The summed E-state index contributed by atoms with van der Waals surface area (Å²) in [6.07, 6.45) is 1.34. The molecule has 2 heterocycles. The van der Waals surface area contributed by atoms with Gasteiger partial charge < -0.3 is 9.72 Å². The number of fused-ring (bicyclic) bond motifs is 1. The molecular formula is C12H16N4O4. The van der Waals surface area contributed by atoms with Crippen molar-refractivity contribution in [3.63, 3.8) is 0 Å². The fourth-order valence-corrected chi connectivity index (χ4v) is 1.99. The molecule has 108 valence electrons. The van der Waals surface area contributed by atoms with Crippen LogP contribution in [-0.2, 0) is 30.0 Å². The van der Waals surface area contributed by atoms with E-state index in [1.807, 2.05) is 0 Å². The molecule has 8 nitrogen and oxygen atoms in total. The number of carbonyl (C=O) groups excluding carboxylic acids is 1. The van der Waals surface area contributed by atoms with Crippen LogP contribution >= 0.6 is 0 Å². The van der Waals surface area contributed by atoms with Gasteiger partial charge in [-0.15, -0.1) is 0 Å². The van der Waals surface area contributed by atoms with Crippen LogP contribution in [0.2, 0.25) is 0 Å². The van der Waals surface area contributed by atoms with E-state index in [1.165, 1.54) is 18.7 Å². The van der Waals surface area contributed by atoms with E-state index < -0.39 is 11.2 Å². The first kappa shape index (κ1) is 14.0. The van der Waals surface area contributed by atoms with Gasteiger partial charge >= 0.3 is 11.7 Å². The van der Waals surface area contributed by atoms with E-state index in [1.54, 1.807) is 7.05 Å². The van der Waals surface area contributed by atoms with Crippen LogP contribution in [0.3, 0.4) is 0 Å². The third-order valence-electron chi connectivity index (χ3n) is 3.17. The molecule has 2 rings (SSSR count). The summed E-state index contributed by atoms with van der Waals surface area (Å²) in [7, 11) is 4.31. The fraction of sp³-hybridized carbons (Fsp3) is 0.500. The van der Waals surface area contributed by atoms with Gasteiger partial charge in [0.15, 0.2) is 5.65 Å². The number of rotatable bonds is 4. The highest BCUT2D eigenvalue weighted by Crippen LogP contribution is 2.07. The molecule has 0 aliphatic rings. The van der Waals surface area contributed by atoms with Gasteiger partial charge in [0.1, 0.15) is 11.3 Å². The van der Waals surface area contributed by atoms with Gasteiger partial charge in [-0.3, -0.25) is 18.7 Å². The highest BCUT2D eigenvalue weighted by atomic mass is 16.5. The number of hydrogen-bond donors (Lipinski definition) is 1. The van der Waals surface area contributed by atoms with Crippen LogP contribution in [0, 0.1) is 0 Å². The molecule has 8 heteroatoms. The molecule has 0 spiro atoms. The smallest absolute Gasteiger partial charge is 0.332 e. The predicted molar refractivity (Wildman–Crippen MR) is 71.5 cm³/mol. The van der Waals surface area contributed by atoms with Gasteiger partial charge in [-0.05, 0) is 6.42 Å². The number of hydrogen-bond acceptors (Lipinski definition) is 5. The van der Waals surface area contributed by atoms with Crippen LogP contribution in [0.15, 0.2) is 9.59 Å². The average molecular weight is 280 g/mol. The van der Waals surface area contributed by atoms with Gasteiger partial charge in [-0.25, -0.2) is 9.78 Å². The summed E-state index contributed by atoms with van der Waals surface area (Å²) in [5, 5.41) is 0. The second-order valence-corrected chi connectivity index (χ2v) is 4.52. The summed E-state index contributed by atoms with van der Waals surface area (Å²) in [6, 6.07) is 0. The maximum atomic E-state index is 11.9. The maximum Gasteiger partial charge on any atom is 0.332 e. The quantitative estimate of drug-likeness (QED) is 0.758. The van der Waals surface area contributed by atoms with Gasteiger partial charge in [0.05, 0.1) is 7.11 Å². The monoisotopic (exact) mass is 280 g/mol. The molecule has 2 aromatic heterocycles. The van der Waals surface area contributed by atoms with Crippen LogP contribution in [0.4, 0.5) is 0 Å². The molecule has 0 amide bonds. The lowest BCUT2D eigenvalue weighted by Crippen LogP contribution is -2.36. The Hall–Kier alpha value is -2.38. The van der Waals surface area contributed by atoms with Gasteiger partial charge in [0.2, 0.25) is 0 Å². The van der Waals surface area contributed by atoms with E-state index in [-0.39, 0.29) is 12.4 Å². The largest absolute Gasteiger partial charge is 0.469 e. The van der Waals surface area contributed by atoms with Crippen LogP contribution < -0.4 is 11.2 Å². The fourth-order valence-electron chi connectivity index (χ4n) is 1.99. The Balaban J connectivity index is 2.33. The minimum absolute atomic E-state index is 0.282. The summed E-state index contributed by atoms with van der Waals surface area (Å²) < 4.78 is 6.89. The first-order valence-corrected chi connectivity index (χ1v) is 6.17. The summed E-state index contributed by atoms with van der Waals surface area (Å²) >= 11 is 0. The van der Waals surface area contributed by atoms with Gasteiger partial charge in [0, 0.05) is 26.9 Å². The van der Waals surface area contributed by atoms with E-state index >= 15 is 0 Å². The minimum Gasteiger partial charge on any atom is -0.469 e. The highest BCUT2D eigenvalue weighted by Gasteiger charge is 2.13. The van der Waals surface area contributed by atoms with E-state index in [0.29, 0.717) is 29.8 Å². The molecule has 1 N–H and O–H groups in total. The molecule has 0 radical (unpaired) electrons. The number of esters is 1. The number of aromatic nitrogens is 4. The maximum absolute atomic E-state index is 11.9. The van der Waals surface area contributed by atoms with Crippen molar-refractivity contribution in [2.75, 3.05) is 7.11 Å². The molecule has 0 aliphatic heterocycles. The molecule has 0 saturated carbocycles. The molecule has 2 aromatic rings. The van der Waals surface area contributed by atoms with Crippen molar-refractivity contribution >= 4 is 17.1 Å². The second-order valence-electron chi connectivity index (χ2n) is 4.52. The Morgan fingerprint density at radius 1 is 1.30 bits per heavy atom. The Kier molecular flexibility index (Phi) is 3.73.